The van der Waals surface area contributed by atoms with E-state index in [9.17, 15) is 44.3 Å². The molecule has 7 aromatic rings. The van der Waals surface area contributed by atoms with E-state index in [1.165, 1.54) is 36.0 Å². The topological polar surface area (TPSA) is 172 Å². The molecule has 64 heavy (non-hydrogen) atoms. The van der Waals surface area contributed by atoms with E-state index in [0.717, 1.165) is 41.3 Å². The largest absolute Gasteiger partial charge is 0.344 e. The molecule has 0 spiro atoms. The number of aryl methyl sites for hydroxylation is 1. The molecule has 3 atom stereocenters. The molecule has 14 nitrogen and oxygen atoms in total. The quantitative estimate of drug-likeness (QED) is 0.118. The van der Waals surface area contributed by atoms with E-state index in [0.29, 0.717) is 10.7 Å². The van der Waals surface area contributed by atoms with Crippen LogP contribution in [-0.2, 0) is 40.8 Å². The molecule has 1 saturated carbocycles. The molecule has 2 aliphatic carbocycles. The zero-order valence-corrected chi connectivity index (χ0v) is 34.4. The summed E-state index contributed by atoms with van der Waals surface area (Å²) in [5.41, 5.74) is -3.99. The number of benzene rings is 2. The number of amides is 1. The molecule has 2 aromatic carbocycles. The molecule has 5 aromatic heterocycles. The molecule has 0 aliphatic heterocycles. The summed E-state index contributed by atoms with van der Waals surface area (Å²) < 4.78 is 146. The standard InChI is InChI=1S/C40H29ClF8N10O4S/c1-57-32-27(6-4-23(41)30(32)37(55-57)56-64(2,62)63)59-38(53-36-20(39(59)61)3-5-24(52-36)25-12-17(34(44)45)7-8-50-25)26(11-16-9-18(42)13-19(43)10-16)51-28(60)15-58-33-29(31(54-58)35(46)47)21-14-22(21)40(33,48)49/h3-10,12-13,21-22,26,34-35H,11,14-15H2,1-2H3,(H,51,60)(H,55,56)/t21-,22+,26-/m0/s1. The highest BCUT2D eigenvalue weighted by molar-refractivity contribution is 7.92. The normalized spacial score (nSPS) is 17.0. The van der Waals surface area contributed by atoms with E-state index in [2.05, 4.69) is 35.2 Å². The number of hydrogen-bond acceptors (Lipinski definition) is 9. The second-order valence-corrected chi connectivity index (χ2v) is 17.5. The summed E-state index contributed by atoms with van der Waals surface area (Å²) in [4.78, 5) is 42.3. The van der Waals surface area contributed by atoms with Gasteiger partial charge in [0.05, 0.1) is 50.7 Å². The second kappa shape index (κ2) is 15.3. The number of rotatable bonds is 12. The first-order chi connectivity index (χ1) is 30.2. The van der Waals surface area contributed by atoms with Gasteiger partial charge in [-0.05, 0) is 66.4 Å². The van der Waals surface area contributed by atoms with E-state index >= 15 is 8.78 Å². The van der Waals surface area contributed by atoms with Crippen molar-refractivity contribution >= 4 is 55.3 Å². The molecule has 0 bridgehead atoms. The Morgan fingerprint density at radius 3 is 2.39 bits per heavy atom. The predicted molar refractivity (Wildman–Crippen MR) is 214 cm³/mol. The van der Waals surface area contributed by atoms with Crippen LogP contribution in [0.2, 0.25) is 5.02 Å². The molecule has 0 saturated heterocycles. The van der Waals surface area contributed by atoms with Gasteiger partial charge in [0, 0.05) is 42.8 Å². The zero-order valence-electron chi connectivity index (χ0n) is 32.8. The third-order valence-corrected chi connectivity index (χ3v) is 11.8. The van der Waals surface area contributed by atoms with Gasteiger partial charge in [0.15, 0.2) is 11.5 Å². The number of sulfonamides is 1. The molecule has 24 heteroatoms. The van der Waals surface area contributed by atoms with Crippen LogP contribution in [0.15, 0.2) is 65.6 Å². The smallest absolute Gasteiger partial charge is 0.293 e. The monoisotopic (exact) mass is 932 g/mol. The van der Waals surface area contributed by atoms with Crippen molar-refractivity contribution in [1.29, 1.82) is 0 Å². The zero-order chi connectivity index (χ0) is 45.7. The van der Waals surface area contributed by atoms with Crippen molar-refractivity contribution in [2.45, 2.75) is 50.1 Å². The number of fused-ring (bicyclic) bond motifs is 5. The predicted octanol–water partition coefficient (Wildman–Crippen LogP) is 7.41. The fraction of sp³-hybridized carbons (Fsp3) is 0.275. The summed E-state index contributed by atoms with van der Waals surface area (Å²) in [5.74, 6) is -9.61. The number of nitrogens with zero attached hydrogens (tertiary/aromatic N) is 8. The van der Waals surface area contributed by atoms with Crippen molar-refractivity contribution in [3.8, 4) is 17.1 Å². The first-order valence-electron chi connectivity index (χ1n) is 19.0. The fourth-order valence-electron chi connectivity index (χ4n) is 8.33. The Labute approximate surface area is 360 Å². The van der Waals surface area contributed by atoms with Crippen LogP contribution in [0.3, 0.4) is 0 Å². The first-order valence-corrected chi connectivity index (χ1v) is 21.3. The Bertz CT molecular complexity index is 3250. The number of carbonyl (C=O) groups is 1. The Morgan fingerprint density at radius 2 is 1.70 bits per heavy atom. The number of aromatic nitrogens is 8. The summed E-state index contributed by atoms with van der Waals surface area (Å²) in [6, 6.07) is 8.12. The van der Waals surface area contributed by atoms with Gasteiger partial charge >= 0.3 is 0 Å². The highest BCUT2D eigenvalue weighted by Crippen LogP contribution is 2.68. The summed E-state index contributed by atoms with van der Waals surface area (Å²) in [6.45, 7) is -1.06. The maximum Gasteiger partial charge on any atom is 0.293 e. The number of carbonyl (C=O) groups excluding carboxylic acids is 1. The Balaban J connectivity index is 1.26. The molecule has 1 amide bonds. The van der Waals surface area contributed by atoms with Crippen molar-refractivity contribution in [3.05, 3.63) is 122 Å². The SMILES string of the molecule is Cn1nc(NS(C)(=O)=O)c2c(Cl)ccc(-n3c([C@H](Cc4cc(F)cc(F)c4)NC(=O)Cn4nc(C(F)F)c5c4C(F)(F)[C@@H]4C[C@H]54)nc4nc(-c5cc(C(F)F)ccn5)ccc4c3=O)c21. The van der Waals surface area contributed by atoms with Gasteiger partial charge in [-0.3, -0.25) is 33.2 Å². The van der Waals surface area contributed by atoms with E-state index in [1.54, 1.807) is 0 Å². The summed E-state index contributed by atoms with van der Waals surface area (Å²) >= 11 is 6.59. The third-order valence-electron chi connectivity index (χ3n) is 11.0. The van der Waals surface area contributed by atoms with Crippen LogP contribution in [0.25, 0.3) is 39.0 Å². The van der Waals surface area contributed by atoms with Crippen molar-refractivity contribution in [2.75, 3.05) is 11.0 Å². The Morgan fingerprint density at radius 1 is 0.969 bits per heavy atom. The number of pyridine rings is 2. The minimum absolute atomic E-state index is 0.00219. The molecule has 332 valence electrons. The third kappa shape index (κ3) is 7.48. The van der Waals surface area contributed by atoms with Gasteiger partial charge < -0.3 is 5.32 Å². The fourth-order valence-corrected chi connectivity index (χ4v) is 9.06. The van der Waals surface area contributed by atoms with Gasteiger partial charge in [-0.25, -0.2) is 44.7 Å². The first kappa shape index (κ1) is 42.8. The lowest BCUT2D eigenvalue weighted by molar-refractivity contribution is -0.123. The number of alkyl halides is 6. The highest BCUT2D eigenvalue weighted by atomic mass is 35.5. The average molecular weight is 933 g/mol. The molecular weight excluding hydrogens is 904 g/mol. The van der Waals surface area contributed by atoms with Gasteiger partial charge in [0.1, 0.15) is 35.4 Å². The second-order valence-electron chi connectivity index (χ2n) is 15.4. The van der Waals surface area contributed by atoms with E-state index in [-0.39, 0.29) is 67.4 Å². The molecule has 1 fully saturated rings. The molecule has 0 unspecified atom stereocenters. The van der Waals surface area contributed by atoms with Crippen LogP contribution < -0.4 is 15.6 Å². The maximum absolute atomic E-state index is 15.5. The summed E-state index contributed by atoms with van der Waals surface area (Å²) in [5, 5.41) is 10.3. The molecule has 2 N–H and O–H groups in total. The Hall–Kier alpha value is -6.49. The van der Waals surface area contributed by atoms with E-state index in [4.69, 9.17) is 11.6 Å². The van der Waals surface area contributed by atoms with Crippen LogP contribution in [0, 0.1) is 17.6 Å². The number of anilines is 1. The highest BCUT2D eigenvalue weighted by Gasteiger charge is 2.67. The minimum atomic E-state index is -3.96. The van der Waals surface area contributed by atoms with Gasteiger partial charge in [-0.1, -0.05) is 11.6 Å². The lowest BCUT2D eigenvalue weighted by Gasteiger charge is -2.24. The summed E-state index contributed by atoms with van der Waals surface area (Å²) in [7, 11) is -2.57. The van der Waals surface area contributed by atoms with Gasteiger partial charge in [0.25, 0.3) is 24.3 Å². The van der Waals surface area contributed by atoms with Crippen LogP contribution in [0.1, 0.15) is 65.1 Å². The molecule has 9 rings (SSSR count). The van der Waals surface area contributed by atoms with Crippen LogP contribution >= 0.6 is 11.6 Å². The van der Waals surface area contributed by atoms with Gasteiger partial charge in [0.2, 0.25) is 15.9 Å². The van der Waals surface area contributed by atoms with Crippen molar-refractivity contribution in [3.63, 3.8) is 0 Å². The van der Waals surface area contributed by atoms with E-state index < -0.39 is 106 Å². The summed E-state index contributed by atoms with van der Waals surface area (Å²) in [6.07, 6.45) is -4.76. The molecule has 0 radical (unpaired) electrons. The Kier molecular flexibility index (Phi) is 10.3. The molecule has 2 aliphatic rings. The number of hydrogen-bond donors (Lipinski definition) is 2. The van der Waals surface area contributed by atoms with Gasteiger partial charge in [-0.2, -0.15) is 19.0 Å². The number of nitrogens with one attached hydrogen (secondary N) is 2. The molecule has 5 heterocycles. The van der Waals surface area contributed by atoms with Crippen LogP contribution in [0.5, 0.6) is 0 Å². The van der Waals surface area contributed by atoms with Crippen LogP contribution in [-0.4, -0.2) is 59.7 Å². The van der Waals surface area contributed by atoms with Crippen molar-refractivity contribution < 1.29 is 48.3 Å². The van der Waals surface area contributed by atoms with E-state index in [1.807, 2.05) is 0 Å². The maximum atomic E-state index is 15.5. The van der Waals surface area contributed by atoms with Crippen molar-refractivity contribution in [2.24, 2.45) is 13.0 Å². The molecular formula is C40H29ClF8N10O4S. The van der Waals surface area contributed by atoms with Crippen molar-refractivity contribution in [1.82, 2.24) is 44.4 Å². The lowest BCUT2D eigenvalue weighted by atomic mass is 10.0. The van der Waals surface area contributed by atoms with Crippen LogP contribution in [0.4, 0.5) is 40.9 Å². The van der Waals surface area contributed by atoms with Gasteiger partial charge in [-0.15, -0.1) is 0 Å². The average Bonchev–Trinajstić information content (AvgIpc) is 3.75. The number of halogens is 9. The lowest BCUT2D eigenvalue weighted by Crippen LogP contribution is -2.38. The minimum Gasteiger partial charge on any atom is -0.344 e.